The van der Waals surface area contributed by atoms with E-state index in [0.717, 1.165) is 43.1 Å². The third-order valence-corrected chi connectivity index (χ3v) is 3.56. The minimum absolute atomic E-state index is 0.214. The van der Waals surface area contributed by atoms with Gasteiger partial charge in [-0.05, 0) is 18.5 Å². The third kappa shape index (κ3) is 3.39. The summed E-state index contributed by atoms with van der Waals surface area (Å²) in [5.41, 5.74) is 6.86. The van der Waals surface area contributed by atoms with Crippen molar-refractivity contribution < 1.29 is 14.2 Å². The lowest BCUT2D eigenvalue weighted by atomic mass is 10.00. The maximum absolute atomic E-state index is 6.07. The first-order valence-corrected chi connectivity index (χ1v) is 6.87. The van der Waals surface area contributed by atoms with Crippen molar-refractivity contribution in [2.75, 3.05) is 26.9 Å². The molecular formula is C15H23NO3. The van der Waals surface area contributed by atoms with Gasteiger partial charge in [-0.15, -0.1) is 0 Å². The van der Waals surface area contributed by atoms with E-state index in [0.29, 0.717) is 6.54 Å². The highest BCUT2D eigenvalue weighted by Crippen LogP contribution is 2.36. The van der Waals surface area contributed by atoms with E-state index in [1.807, 2.05) is 18.2 Å². The number of hydrogen-bond acceptors (Lipinski definition) is 4. The molecule has 0 saturated carbocycles. The van der Waals surface area contributed by atoms with Crippen LogP contribution in [0.15, 0.2) is 18.2 Å². The Morgan fingerprint density at radius 2 is 2.11 bits per heavy atom. The van der Waals surface area contributed by atoms with Gasteiger partial charge in [-0.25, -0.2) is 0 Å². The van der Waals surface area contributed by atoms with Crippen molar-refractivity contribution in [2.45, 2.75) is 31.8 Å². The molecule has 2 N–H and O–H groups in total. The molecule has 1 aliphatic heterocycles. The number of hydrogen-bond donors (Lipinski definition) is 1. The van der Waals surface area contributed by atoms with Gasteiger partial charge < -0.3 is 19.9 Å². The first-order chi connectivity index (χ1) is 9.26. The van der Waals surface area contributed by atoms with Crippen LogP contribution in [0, 0.1) is 0 Å². The molecule has 2 rings (SSSR count). The number of rotatable bonds is 5. The van der Waals surface area contributed by atoms with Crippen LogP contribution in [0.5, 0.6) is 11.5 Å². The topological polar surface area (TPSA) is 53.7 Å². The third-order valence-electron chi connectivity index (χ3n) is 3.56. The van der Waals surface area contributed by atoms with E-state index in [1.54, 1.807) is 7.11 Å². The predicted molar refractivity (Wildman–Crippen MR) is 74.9 cm³/mol. The van der Waals surface area contributed by atoms with Gasteiger partial charge in [0.2, 0.25) is 0 Å². The quantitative estimate of drug-likeness (QED) is 0.887. The van der Waals surface area contributed by atoms with Gasteiger partial charge >= 0.3 is 0 Å². The summed E-state index contributed by atoms with van der Waals surface area (Å²) in [5.74, 6) is 1.88. The molecule has 1 unspecified atom stereocenters. The minimum Gasteiger partial charge on any atom is -0.493 e. The largest absolute Gasteiger partial charge is 0.493 e. The number of methoxy groups -OCH3 is 1. The Bertz CT molecular complexity index is 402. The van der Waals surface area contributed by atoms with E-state index in [1.165, 1.54) is 0 Å². The highest BCUT2D eigenvalue weighted by atomic mass is 16.5. The summed E-state index contributed by atoms with van der Waals surface area (Å²) in [6.45, 7) is 4.23. The monoisotopic (exact) mass is 265 g/mol. The first kappa shape index (κ1) is 14.2. The Kier molecular flexibility index (Phi) is 5.05. The lowest BCUT2D eigenvalue weighted by Crippen LogP contribution is -2.26. The zero-order valence-corrected chi connectivity index (χ0v) is 11.7. The molecule has 1 fully saturated rings. The molecule has 1 heterocycles. The van der Waals surface area contributed by atoms with Crippen molar-refractivity contribution in [3.63, 3.8) is 0 Å². The van der Waals surface area contributed by atoms with Gasteiger partial charge in [-0.1, -0.05) is 19.1 Å². The van der Waals surface area contributed by atoms with Crippen LogP contribution >= 0.6 is 0 Å². The lowest BCUT2D eigenvalue weighted by Gasteiger charge is -2.25. The second-order valence-electron chi connectivity index (χ2n) is 4.94. The second kappa shape index (κ2) is 6.78. The molecule has 0 bridgehead atoms. The standard InChI is InChI=1S/C15H23NO3/c1-11(10-16)13-4-3-5-14(15(13)17-2)19-12-6-8-18-9-7-12/h3-5,11-12H,6-10,16H2,1-2H3. The molecule has 1 atom stereocenters. The molecule has 1 aromatic rings. The lowest BCUT2D eigenvalue weighted by molar-refractivity contribution is 0.0245. The summed E-state index contributed by atoms with van der Waals surface area (Å²) in [5, 5.41) is 0. The van der Waals surface area contributed by atoms with Crippen LogP contribution in [-0.4, -0.2) is 33.0 Å². The van der Waals surface area contributed by atoms with Crippen molar-refractivity contribution in [3.05, 3.63) is 23.8 Å². The molecule has 0 radical (unpaired) electrons. The van der Waals surface area contributed by atoms with Crippen LogP contribution in [0.4, 0.5) is 0 Å². The number of para-hydroxylation sites is 1. The van der Waals surface area contributed by atoms with Gasteiger partial charge in [-0.3, -0.25) is 0 Å². The van der Waals surface area contributed by atoms with Gasteiger partial charge in [0.05, 0.1) is 20.3 Å². The van der Waals surface area contributed by atoms with E-state index in [9.17, 15) is 0 Å². The zero-order chi connectivity index (χ0) is 13.7. The molecule has 1 aromatic carbocycles. The van der Waals surface area contributed by atoms with Crippen molar-refractivity contribution >= 4 is 0 Å². The Morgan fingerprint density at radius 3 is 2.74 bits per heavy atom. The maximum Gasteiger partial charge on any atom is 0.164 e. The zero-order valence-electron chi connectivity index (χ0n) is 11.7. The molecule has 0 aliphatic carbocycles. The fourth-order valence-corrected chi connectivity index (χ4v) is 2.33. The summed E-state index contributed by atoms with van der Waals surface area (Å²) in [4.78, 5) is 0. The number of ether oxygens (including phenoxy) is 3. The van der Waals surface area contributed by atoms with Crippen LogP contribution in [0.2, 0.25) is 0 Å². The van der Waals surface area contributed by atoms with Crippen LogP contribution in [-0.2, 0) is 4.74 Å². The smallest absolute Gasteiger partial charge is 0.164 e. The number of nitrogens with two attached hydrogens (primary N) is 1. The van der Waals surface area contributed by atoms with Crippen LogP contribution in [0.3, 0.4) is 0 Å². The Balaban J connectivity index is 2.19. The molecule has 4 nitrogen and oxygen atoms in total. The van der Waals surface area contributed by atoms with Crippen LogP contribution in [0.25, 0.3) is 0 Å². The van der Waals surface area contributed by atoms with Crippen LogP contribution < -0.4 is 15.2 Å². The fourth-order valence-electron chi connectivity index (χ4n) is 2.33. The van der Waals surface area contributed by atoms with Crippen LogP contribution in [0.1, 0.15) is 31.2 Å². The van der Waals surface area contributed by atoms with E-state index < -0.39 is 0 Å². The molecule has 0 aromatic heterocycles. The average Bonchev–Trinajstić information content (AvgIpc) is 2.47. The summed E-state index contributed by atoms with van der Waals surface area (Å²) in [6.07, 6.45) is 2.07. The second-order valence-corrected chi connectivity index (χ2v) is 4.94. The molecule has 0 amide bonds. The summed E-state index contributed by atoms with van der Waals surface area (Å²) in [7, 11) is 1.68. The first-order valence-electron chi connectivity index (χ1n) is 6.87. The van der Waals surface area contributed by atoms with Gasteiger partial charge in [0.25, 0.3) is 0 Å². The SMILES string of the molecule is COc1c(OC2CCOCC2)cccc1C(C)CN. The predicted octanol–water partition coefficient (Wildman–Crippen LogP) is 2.32. The van der Waals surface area contributed by atoms with Crippen molar-refractivity contribution in [1.82, 2.24) is 0 Å². The van der Waals surface area contributed by atoms with Crippen molar-refractivity contribution in [2.24, 2.45) is 5.73 Å². The average molecular weight is 265 g/mol. The molecule has 1 aliphatic rings. The Morgan fingerprint density at radius 1 is 1.37 bits per heavy atom. The number of benzene rings is 1. The summed E-state index contributed by atoms with van der Waals surface area (Å²) < 4.78 is 16.9. The summed E-state index contributed by atoms with van der Waals surface area (Å²) >= 11 is 0. The molecule has 1 saturated heterocycles. The summed E-state index contributed by atoms with van der Waals surface area (Å²) in [6, 6.07) is 6.01. The van der Waals surface area contributed by atoms with E-state index in [2.05, 4.69) is 6.92 Å². The van der Waals surface area contributed by atoms with Gasteiger partial charge in [0.1, 0.15) is 6.10 Å². The van der Waals surface area contributed by atoms with Gasteiger partial charge in [0.15, 0.2) is 11.5 Å². The highest BCUT2D eigenvalue weighted by Gasteiger charge is 2.20. The normalized spacial score (nSPS) is 18.1. The molecule has 0 spiro atoms. The maximum atomic E-state index is 6.07. The molecule has 19 heavy (non-hydrogen) atoms. The minimum atomic E-state index is 0.214. The Hall–Kier alpha value is -1.26. The van der Waals surface area contributed by atoms with E-state index >= 15 is 0 Å². The van der Waals surface area contributed by atoms with Gasteiger partial charge in [-0.2, -0.15) is 0 Å². The highest BCUT2D eigenvalue weighted by molar-refractivity contribution is 5.48. The van der Waals surface area contributed by atoms with Gasteiger partial charge in [0, 0.05) is 18.4 Å². The van der Waals surface area contributed by atoms with Crippen molar-refractivity contribution in [3.8, 4) is 11.5 Å². The molecule has 106 valence electrons. The van der Waals surface area contributed by atoms with Crippen molar-refractivity contribution in [1.29, 1.82) is 0 Å². The molecular weight excluding hydrogens is 242 g/mol. The van der Waals surface area contributed by atoms with E-state index in [-0.39, 0.29) is 12.0 Å². The molecule has 4 heteroatoms. The van der Waals surface area contributed by atoms with E-state index in [4.69, 9.17) is 19.9 Å². The Labute approximate surface area is 114 Å². The fraction of sp³-hybridized carbons (Fsp3) is 0.600.